The van der Waals surface area contributed by atoms with Crippen molar-refractivity contribution in [1.82, 2.24) is 10.6 Å². The molecule has 33 heavy (non-hydrogen) atoms. The Morgan fingerprint density at radius 1 is 0.606 bits per heavy atom. The van der Waals surface area contributed by atoms with Crippen LogP contribution < -0.4 is 10.6 Å². The van der Waals surface area contributed by atoms with Crippen molar-refractivity contribution < 1.29 is 19.2 Å². The highest BCUT2D eigenvalue weighted by atomic mass is 79.9. The SMILES string of the molecule is N#Cc1cc2c3c(ccc4c5ccc6c7c(cc(Br)c(c1c34)c75)C(=O)NC6=O)C(=O)NC2=O. The minimum Gasteiger partial charge on any atom is -0.288 e. The second kappa shape index (κ2) is 5.71. The van der Waals surface area contributed by atoms with E-state index >= 15 is 0 Å². The van der Waals surface area contributed by atoms with Crippen molar-refractivity contribution in [3.05, 3.63) is 68.7 Å². The fourth-order valence-corrected chi connectivity index (χ4v) is 5.98. The molecule has 5 aromatic rings. The van der Waals surface area contributed by atoms with E-state index < -0.39 is 23.6 Å². The van der Waals surface area contributed by atoms with Crippen molar-refractivity contribution in [2.45, 2.75) is 0 Å². The van der Waals surface area contributed by atoms with E-state index in [0.29, 0.717) is 53.5 Å². The van der Waals surface area contributed by atoms with E-state index in [2.05, 4.69) is 32.6 Å². The molecule has 0 aliphatic carbocycles. The Labute approximate surface area is 192 Å². The lowest BCUT2D eigenvalue weighted by atomic mass is 9.81. The van der Waals surface area contributed by atoms with Crippen molar-refractivity contribution in [2.75, 3.05) is 0 Å². The first-order chi connectivity index (χ1) is 15.9. The van der Waals surface area contributed by atoms with Gasteiger partial charge in [0.25, 0.3) is 23.6 Å². The Bertz CT molecular complexity index is 1920. The quantitative estimate of drug-likeness (QED) is 0.191. The van der Waals surface area contributed by atoms with Crippen LogP contribution in [-0.2, 0) is 0 Å². The number of nitrogens with zero attached hydrogens (tertiary/aromatic N) is 1. The van der Waals surface area contributed by atoms with Gasteiger partial charge in [-0.2, -0.15) is 5.26 Å². The molecule has 4 amide bonds. The summed E-state index contributed by atoms with van der Waals surface area (Å²) in [7, 11) is 0. The number of hydrogen-bond acceptors (Lipinski definition) is 5. The highest BCUT2D eigenvalue weighted by Crippen LogP contribution is 2.48. The van der Waals surface area contributed by atoms with E-state index in [1.54, 1.807) is 30.3 Å². The van der Waals surface area contributed by atoms with Gasteiger partial charge in [-0.3, -0.25) is 29.8 Å². The molecule has 0 atom stereocenters. The number of nitrogens with one attached hydrogen (secondary N) is 2. The fraction of sp³-hybridized carbons (Fsp3) is 0. The second-order valence-electron chi connectivity index (χ2n) is 8.13. The Morgan fingerprint density at radius 2 is 1.09 bits per heavy atom. The molecule has 0 spiro atoms. The van der Waals surface area contributed by atoms with E-state index in [9.17, 15) is 24.4 Å². The van der Waals surface area contributed by atoms with Gasteiger partial charge in [-0.05, 0) is 35.0 Å². The highest BCUT2D eigenvalue weighted by molar-refractivity contribution is 9.10. The Morgan fingerprint density at radius 3 is 1.64 bits per heavy atom. The average molecular weight is 494 g/mol. The molecule has 0 saturated carbocycles. The smallest absolute Gasteiger partial charge is 0.258 e. The van der Waals surface area contributed by atoms with Crippen molar-refractivity contribution in [3.63, 3.8) is 0 Å². The van der Waals surface area contributed by atoms with E-state index in [-0.39, 0.29) is 11.1 Å². The zero-order valence-electron chi connectivity index (χ0n) is 16.4. The molecule has 0 unspecified atom stereocenters. The number of halogens is 1. The zero-order valence-corrected chi connectivity index (χ0v) is 18.0. The highest BCUT2D eigenvalue weighted by Gasteiger charge is 2.32. The lowest BCUT2D eigenvalue weighted by molar-refractivity contribution is 0.0828. The van der Waals surface area contributed by atoms with Crippen LogP contribution in [0.5, 0.6) is 0 Å². The zero-order chi connectivity index (χ0) is 22.8. The molecular weight excluding hydrogens is 486 g/mol. The van der Waals surface area contributed by atoms with Crippen molar-refractivity contribution in [2.24, 2.45) is 0 Å². The molecule has 2 heterocycles. The largest absolute Gasteiger partial charge is 0.288 e. The molecule has 2 N–H and O–H groups in total. The van der Waals surface area contributed by atoms with Gasteiger partial charge in [0.05, 0.1) is 11.6 Å². The topological polar surface area (TPSA) is 116 Å². The molecule has 7 nitrogen and oxygen atoms in total. The number of imide groups is 2. The third-order valence-electron chi connectivity index (χ3n) is 6.61. The van der Waals surface area contributed by atoms with Crippen LogP contribution in [-0.4, -0.2) is 23.6 Å². The summed E-state index contributed by atoms with van der Waals surface area (Å²) in [4.78, 5) is 50.5. The minimum absolute atomic E-state index is 0.263. The predicted octanol–water partition coefficient (Wildman–Crippen LogP) is 4.14. The first-order valence-corrected chi connectivity index (χ1v) is 10.7. The number of fused-ring (bicyclic) bond motifs is 2. The van der Waals surface area contributed by atoms with E-state index in [1.165, 1.54) is 6.07 Å². The molecule has 0 bridgehead atoms. The minimum atomic E-state index is -0.551. The molecule has 8 heteroatoms. The molecule has 0 radical (unpaired) electrons. The van der Waals surface area contributed by atoms with Crippen LogP contribution in [0.1, 0.15) is 47.0 Å². The third-order valence-corrected chi connectivity index (χ3v) is 7.24. The number of benzene rings is 5. The van der Waals surface area contributed by atoms with Crippen LogP contribution in [0.25, 0.3) is 43.1 Å². The number of amides is 4. The summed E-state index contributed by atoms with van der Waals surface area (Å²) in [6, 6.07) is 12.3. The molecule has 154 valence electrons. The van der Waals surface area contributed by atoms with Crippen LogP contribution in [0.15, 0.2) is 40.9 Å². The molecule has 2 aliphatic rings. The number of hydrogen-bond donors (Lipinski definition) is 2. The molecule has 7 rings (SSSR count). The van der Waals surface area contributed by atoms with Crippen LogP contribution in [0.3, 0.4) is 0 Å². The Kier molecular flexibility index (Phi) is 3.16. The lowest BCUT2D eigenvalue weighted by Gasteiger charge is -2.24. The second-order valence-corrected chi connectivity index (χ2v) is 8.98. The van der Waals surface area contributed by atoms with Gasteiger partial charge in [-0.25, -0.2) is 0 Å². The van der Waals surface area contributed by atoms with Gasteiger partial charge >= 0.3 is 0 Å². The molecule has 5 aromatic carbocycles. The van der Waals surface area contributed by atoms with Gasteiger partial charge in [0.2, 0.25) is 0 Å². The monoisotopic (exact) mass is 493 g/mol. The summed E-state index contributed by atoms with van der Waals surface area (Å²) in [6.07, 6.45) is 0. The lowest BCUT2D eigenvalue weighted by Crippen LogP contribution is -2.35. The number of rotatable bonds is 0. The van der Waals surface area contributed by atoms with Gasteiger partial charge in [0, 0.05) is 59.0 Å². The van der Waals surface area contributed by atoms with Gasteiger partial charge in [0.1, 0.15) is 0 Å². The van der Waals surface area contributed by atoms with Gasteiger partial charge < -0.3 is 0 Å². The van der Waals surface area contributed by atoms with Crippen LogP contribution in [0, 0.1) is 11.3 Å². The van der Waals surface area contributed by atoms with Crippen molar-refractivity contribution >= 4 is 82.6 Å². The number of nitriles is 1. The summed E-state index contributed by atoms with van der Waals surface area (Å²) >= 11 is 3.58. The maximum Gasteiger partial charge on any atom is 0.258 e. The van der Waals surface area contributed by atoms with Gasteiger partial charge in [-0.1, -0.05) is 28.1 Å². The maximum atomic E-state index is 12.7. The summed E-state index contributed by atoms with van der Waals surface area (Å²) in [5.41, 5.74) is 1.62. The molecule has 0 saturated heterocycles. The van der Waals surface area contributed by atoms with Crippen molar-refractivity contribution in [3.8, 4) is 6.07 Å². The standard InChI is InChI=1S/C25H8BrN3O4/c26-15-6-14-18-12(23(31)29-25(14)33)4-2-10-9-1-3-11-17-13(24(32)28-22(11)30)5-8(7-27)16(19(9)17)21(15)20(10)18/h1-6H,(H,28,30,32)(H,29,31,33). The summed E-state index contributed by atoms with van der Waals surface area (Å²) in [6.45, 7) is 0. The Hall–Kier alpha value is -4.35. The number of carbonyl (C=O) groups is 4. The summed E-state index contributed by atoms with van der Waals surface area (Å²) in [5.74, 6) is -2.01. The normalized spacial score (nSPS) is 14.9. The number of carbonyl (C=O) groups excluding carboxylic acids is 4. The fourth-order valence-electron chi connectivity index (χ4n) is 5.35. The van der Waals surface area contributed by atoms with E-state index in [0.717, 1.165) is 10.8 Å². The summed E-state index contributed by atoms with van der Waals surface area (Å²) in [5, 5.41) is 19.8. The Balaban J connectivity index is 1.89. The predicted molar refractivity (Wildman–Crippen MR) is 124 cm³/mol. The first-order valence-electron chi connectivity index (χ1n) is 9.96. The van der Waals surface area contributed by atoms with E-state index in [1.807, 2.05) is 0 Å². The first kappa shape index (κ1) is 18.2. The molecular formula is C25H8BrN3O4. The average Bonchev–Trinajstić information content (AvgIpc) is 2.80. The van der Waals surface area contributed by atoms with Crippen LogP contribution >= 0.6 is 15.9 Å². The summed E-state index contributed by atoms with van der Waals surface area (Å²) < 4.78 is 0.572. The molecule has 0 aromatic heterocycles. The molecule has 0 fully saturated rings. The van der Waals surface area contributed by atoms with Crippen molar-refractivity contribution in [1.29, 1.82) is 5.26 Å². The van der Waals surface area contributed by atoms with Crippen LogP contribution in [0.4, 0.5) is 0 Å². The molecule has 2 aliphatic heterocycles. The van der Waals surface area contributed by atoms with Gasteiger partial charge in [0.15, 0.2) is 0 Å². The van der Waals surface area contributed by atoms with Crippen LogP contribution in [0.2, 0.25) is 0 Å². The third kappa shape index (κ3) is 1.99. The van der Waals surface area contributed by atoms with E-state index in [4.69, 9.17) is 0 Å². The maximum absolute atomic E-state index is 12.7. The van der Waals surface area contributed by atoms with Gasteiger partial charge in [-0.15, -0.1) is 0 Å².